The van der Waals surface area contributed by atoms with Gasteiger partial charge in [-0.15, -0.1) is 0 Å². The minimum atomic E-state index is -0.764. The first-order chi connectivity index (χ1) is 16.7. The predicted octanol–water partition coefficient (Wildman–Crippen LogP) is 6.09. The van der Waals surface area contributed by atoms with Gasteiger partial charge in [0.2, 0.25) is 11.8 Å². The number of halogens is 3. The third-order valence-corrected chi connectivity index (χ3v) is 6.17. The van der Waals surface area contributed by atoms with Crippen molar-refractivity contribution in [3.8, 4) is 0 Å². The van der Waals surface area contributed by atoms with Crippen LogP contribution in [0.15, 0.2) is 72.8 Å². The molecule has 0 aliphatic carbocycles. The van der Waals surface area contributed by atoms with Gasteiger partial charge < -0.3 is 10.2 Å². The molecule has 184 valence electrons. The number of hydrogen-bond donors (Lipinski definition) is 1. The number of nitrogens with zero attached hydrogens (tertiary/aromatic N) is 1. The van der Waals surface area contributed by atoms with Crippen molar-refractivity contribution < 1.29 is 14.0 Å². The van der Waals surface area contributed by atoms with Crippen LogP contribution in [0.1, 0.15) is 30.5 Å². The average molecular weight is 515 g/mol. The molecule has 0 spiro atoms. The van der Waals surface area contributed by atoms with E-state index < -0.39 is 6.04 Å². The SMILES string of the molecule is CC(C)CNC(=O)[C@H](Cc1ccccc1)N(Cc1ccc(F)cc1)C(=O)Cc1ccc(Cl)cc1Cl. The molecule has 0 unspecified atom stereocenters. The molecule has 2 amide bonds. The van der Waals surface area contributed by atoms with E-state index in [1.165, 1.54) is 12.1 Å². The lowest BCUT2D eigenvalue weighted by atomic mass is 10.0. The zero-order valence-corrected chi connectivity index (χ0v) is 21.3. The largest absolute Gasteiger partial charge is 0.354 e. The number of nitrogens with one attached hydrogen (secondary N) is 1. The maximum absolute atomic E-state index is 13.7. The van der Waals surface area contributed by atoms with Crippen LogP contribution in [0.5, 0.6) is 0 Å². The molecule has 0 aromatic heterocycles. The number of amides is 2. The molecule has 0 aliphatic rings. The van der Waals surface area contributed by atoms with Gasteiger partial charge in [-0.3, -0.25) is 9.59 Å². The van der Waals surface area contributed by atoms with Crippen LogP contribution >= 0.6 is 23.2 Å². The molecule has 1 atom stereocenters. The summed E-state index contributed by atoms with van der Waals surface area (Å²) >= 11 is 12.4. The van der Waals surface area contributed by atoms with Crippen LogP contribution < -0.4 is 5.32 Å². The molecule has 0 saturated carbocycles. The van der Waals surface area contributed by atoms with E-state index in [2.05, 4.69) is 5.32 Å². The average Bonchev–Trinajstić information content (AvgIpc) is 2.83. The van der Waals surface area contributed by atoms with Gasteiger partial charge in [-0.25, -0.2) is 4.39 Å². The summed E-state index contributed by atoms with van der Waals surface area (Å²) in [5.74, 6) is -0.611. The van der Waals surface area contributed by atoms with Crippen LogP contribution in [-0.2, 0) is 29.0 Å². The summed E-state index contributed by atoms with van der Waals surface area (Å²) in [5, 5.41) is 3.84. The van der Waals surface area contributed by atoms with Gasteiger partial charge in [-0.2, -0.15) is 0 Å². The highest BCUT2D eigenvalue weighted by Gasteiger charge is 2.30. The van der Waals surface area contributed by atoms with Gasteiger partial charge in [0.05, 0.1) is 6.42 Å². The second-order valence-corrected chi connectivity index (χ2v) is 9.75. The van der Waals surface area contributed by atoms with E-state index >= 15 is 0 Å². The fourth-order valence-corrected chi connectivity index (χ4v) is 4.17. The lowest BCUT2D eigenvalue weighted by Gasteiger charge is -2.32. The summed E-state index contributed by atoms with van der Waals surface area (Å²) in [6.07, 6.45) is 0.339. The third kappa shape index (κ3) is 8.08. The number of benzene rings is 3. The van der Waals surface area contributed by atoms with Crippen LogP contribution in [0.25, 0.3) is 0 Å². The van der Waals surface area contributed by atoms with Crippen molar-refractivity contribution in [3.63, 3.8) is 0 Å². The highest BCUT2D eigenvalue weighted by atomic mass is 35.5. The molecule has 0 aliphatic heterocycles. The summed E-state index contributed by atoms with van der Waals surface area (Å²) in [6, 6.07) is 19.7. The number of carbonyl (C=O) groups excluding carboxylic acids is 2. The van der Waals surface area contributed by atoms with Crippen molar-refractivity contribution in [2.24, 2.45) is 5.92 Å². The molecule has 4 nitrogen and oxygen atoms in total. The Hall–Kier alpha value is -2.89. The summed E-state index contributed by atoms with van der Waals surface area (Å²) in [6.45, 7) is 4.66. The van der Waals surface area contributed by atoms with Crippen molar-refractivity contribution in [1.29, 1.82) is 0 Å². The number of carbonyl (C=O) groups is 2. The molecule has 3 rings (SSSR count). The Morgan fingerprint density at radius 3 is 2.26 bits per heavy atom. The highest BCUT2D eigenvalue weighted by molar-refractivity contribution is 6.35. The van der Waals surface area contributed by atoms with Gasteiger partial charge in [-0.05, 0) is 46.9 Å². The fourth-order valence-electron chi connectivity index (χ4n) is 3.69. The van der Waals surface area contributed by atoms with Gasteiger partial charge in [0.15, 0.2) is 0 Å². The molecule has 0 radical (unpaired) electrons. The Kier molecular flexibility index (Phi) is 9.70. The first kappa shape index (κ1) is 26.7. The Morgan fingerprint density at radius 1 is 0.943 bits per heavy atom. The second-order valence-electron chi connectivity index (χ2n) is 8.91. The fraction of sp³-hybridized carbons (Fsp3) is 0.286. The molecule has 3 aromatic rings. The Morgan fingerprint density at radius 2 is 1.63 bits per heavy atom. The highest BCUT2D eigenvalue weighted by Crippen LogP contribution is 2.23. The van der Waals surface area contributed by atoms with Gasteiger partial charge in [0.25, 0.3) is 0 Å². The molecule has 0 fully saturated rings. The van der Waals surface area contributed by atoms with E-state index in [-0.39, 0.29) is 36.5 Å². The van der Waals surface area contributed by atoms with E-state index in [4.69, 9.17) is 23.2 Å². The zero-order valence-electron chi connectivity index (χ0n) is 19.8. The van der Waals surface area contributed by atoms with Crippen molar-refractivity contribution in [3.05, 3.63) is 105 Å². The van der Waals surface area contributed by atoms with Crippen LogP contribution in [0, 0.1) is 11.7 Å². The van der Waals surface area contributed by atoms with E-state index in [9.17, 15) is 14.0 Å². The minimum Gasteiger partial charge on any atom is -0.354 e. The summed E-state index contributed by atoms with van der Waals surface area (Å²) < 4.78 is 13.5. The second kappa shape index (κ2) is 12.7. The molecular formula is C28H29Cl2FN2O2. The van der Waals surface area contributed by atoms with Crippen LogP contribution in [0.2, 0.25) is 10.0 Å². The molecule has 0 saturated heterocycles. The molecule has 35 heavy (non-hydrogen) atoms. The smallest absolute Gasteiger partial charge is 0.243 e. The quantitative estimate of drug-likeness (QED) is 0.356. The van der Waals surface area contributed by atoms with E-state index in [0.717, 1.165) is 11.1 Å². The van der Waals surface area contributed by atoms with Gasteiger partial charge in [-0.1, -0.05) is 85.6 Å². The molecule has 3 aromatic carbocycles. The van der Waals surface area contributed by atoms with E-state index in [1.807, 2.05) is 44.2 Å². The summed E-state index contributed by atoms with van der Waals surface area (Å²) in [7, 11) is 0. The van der Waals surface area contributed by atoms with Crippen molar-refractivity contribution in [2.75, 3.05) is 6.54 Å². The van der Waals surface area contributed by atoms with Crippen molar-refractivity contribution in [2.45, 2.75) is 39.3 Å². The van der Waals surface area contributed by atoms with Crippen LogP contribution in [0.3, 0.4) is 0 Å². The normalized spacial score (nSPS) is 11.8. The standard InChI is InChI=1S/C28H29Cl2FN2O2/c1-19(2)17-32-28(35)26(14-20-6-4-3-5-7-20)33(18-21-8-12-24(31)13-9-21)27(34)15-22-10-11-23(29)16-25(22)30/h3-13,16,19,26H,14-15,17-18H2,1-2H3,(H,32,35)/t26-/m0/s1. The monoisotopic (exact) mass is 514 g/mol. The molecule has 1 N–H and O–H groups in total. The third-order valence-electron chi connectivity index (χ3n) is 5.58. The van der Waals surface area contributed by atoms with E-state index in [1.54, 1.807) is 35.2 Å². The first-order valence-electron chi connectivity index (χ1n) is 11.5. The van der Waals surface area contributed by atoms with Crippen molar-refractivity contribution >= 4 is 35.0 Å². The van der Waals surface area contributed by atoms with Gasteiger partial charge >= 0.3 is 0 Å². The number of hydrogen-bond acceptors (Lipinski definition) is 2. The Balaban J connectivity index is 1.96. The van der Waals surface area contributed by atoms with Crippen molar-refractivity contribution in [1.82, 2.24) is 10.2 Å². The molecule has 0 bridgehead atoms. The summed E-state index contributed by atoms with van der Waals surface area (Å²) in [4.78, 5) is 28.6. The van der Waals surface area contributed by atoms with Gasteiger partial charge in [0.1, 0.15) is 11.9 Å². The predicted molar refractivity (Wildman–Crippen MR) is 139 cm³/mol. The molecular weight excluding hydrogens is 486 g/mol. The number of rotatable bonds is 10. The first-order valence-corrected chi connectivity index (χ1v) is 12.3. The Labute approximate surface area is 216 Å². The molecule has 0 heterocycles. The minimum absolute atomic E-state index is 0.0000524. The lowest BCUT2D eigenvalue weighted by Crippen LogP contribution is -2.51. The Bertz CT molecular complexity index is 1140. The van der Waals surface area contributed by atoms with E-state index in [0.29, 0.717) is 28.6 Å². The van der Waals surface area contributed by atoms with Crippen LogP contribution in [-0.4, -0.2) is 29.3 Å². The van der Waals surface area contributed by atoms with Gasteiger partial charge in [0, 0.05) is 29.6 Å². The lowest BCUT2D eigenvalue weighted by molar-refractivity contribution is -0.140. The zero-order chi connectivity index (χ0) is 25.4. The molecule has 7 heteroatoms. The maximum Gasteiger partial charge on any atom is 0.243 e. The van der Waals surface area contributed by atoms with Crippen LogP contribution in [0.4, 0.5) is 4.39 Å². The topological polar surface area (TPSA) is 49.4 Å². The summed E-state index contributed by atoms with van der Waals surface area (Å²) in [5.41, 5.74) is 2.27. The maximum atomic E-state index is 13.7.